The van der Waals surface area contributed by atoms with Crippen LogP contribution in [-0.4, -0.2) is 33.2 Å². The molecule has 174 valence electrons. The summed E-state index contributed by atoms with van der Waals surface area (Å²) in [7, 11) is -3.80. The molecular weight excluding hydrogens is 403 g/mol. The van der Waals surface area contributed by atoms with E-state index in [0.717, 1.165) is 19.3 Å². The Morgan fingerprint density at radius 1 is 0.742 bits per heavy atom. The van der Waals surface area contributed by atoms with Crippen molar-refractivity contribution in [2.24, 2.45) is 0 Å². The molecule has 0 spiro atoms. The van der Waals surface area contributed by atoms with Crippen LogP contribution < -0.4 is 10.5 Å². The van der Waals surface area contributed by atoms with Crippen LogP contribution in [0.25, 0.3) is 0 Å². The van der Waals surface area contributed by atoms with Gasteiger partial charge in [0.1, 0.15) is 0 Å². The van der Waals surface area contributed by atoms with Crippen molar-refractivity contribution in [3.05, 3.63) is 24.3 Å². The van der Waals surface area contributed by atoms with Crippen molar-refractivity contribution in [1.82, 2.24) is 4.72 Å². The number of anilines is 1. The molecule has 0 aliphatic heterocycles. The van der Waals surface area contributed by atoms with Gasteiger partial charge in [-0.25, -0.2) is 13.1 Å². The molecular formula is C24H43LiN2O3S. The Labute approximate surface area is 202 Å². The molecule has 1 aromatic rings. The summed E-state index contributed by atoms with van der Waals surface area (Å²) in [4.78, 5) is 12.0. The molecule has 0 heterocycles. The van der Waals surface area contributed by atoms with Gasteiger partial charge in [0.25, 0.3) is 10.0 Å². The van der Waals surface area contributed by atoms with Crippen LogP contribution in [0, 0.1) is 0 Å². The van der Waals surface area contributed by atoms with Gasteiger partial charge in [0, 0.05) is 12.1 Å². The first-order chi connectivity index (χ1) is 14.5. The molecule has 0 bridgehead atoms. The summed E-state index contributed by atoms with van der Waals surface area (Å²) >= 11 is 0. The van der Waals surface area contributed by atoms with E-state index in [1.165, 1.54) is 101 Å². The summed E-state index contributed by atoms with van der Waals surface area (Å²) in [5.74, 6) is -0.443. The normalized spacial score (nSPS) is 11.1. The van der Waals surface area contributed by atoms with Gasteiger partial charge in [0.05, 0.1) is 4.90 Å². The average Bonchev–Trinajstić information content (AvgIpc) is 2.71. The first-order valence-electron chi connectivity index (χ1n) is 11.9. The topological polar surface area (TPSA) is 89.3 Å². The number of carbonyl (C=O) groups is 1. The summed E-state index contributed by atoms with van der Waals surface area (Å²) in [6, 6.07) is 5.82. The molecule has 0 atom stereocenters. The fourth-order valence-corrected chi connectivity index (χ4v) is 4.58. The molecule has 0 saturated carbocycles. The van der Waals surface area contributed by atoms with Crippen molar-refractivity contribution in [3.63, 3.8) is 0 Å². The molecule has 0 radical (unpaired) electrons. The molecule has 1 rings (SSSR count). The molecule has 1 amide bonds. The van der Waals surface area contributed by atoms with E-state index in [4.69, 9.17) is 5.73 Å². The quantitative estimate of drug-likeness (QED) is 0.172. The van der Waals surface area contributed by atoms with E-state index in [2.05, 4.69) is 11.6 Å². The third kappa shape index (κ3) is 15.5. The molecule has 31 heavy (non-hydrogen) atoms. The molecule has 0 aromatic heterocycles. The van der Waals surface area contributed by atoms with E-state index in [-0.39, 0.29) is 30.2 Å². The van der Waals surface area contributed by atoms with Crippen molar-refractivity contribution >= 4 is 40.5 Å². The average molecular weight is 447 g/mol. The van der Waals surface area contributed by atoms with Crippen LogP contribution >= 0.6 is 0 Å². The van der Waals surface area contributed by atoms with E-state index in [1.54, 1.807) is 0 Å². The Balaban J connectivity index is 0.00000900. The zero-order chi connectivity index (χ0) is 22.1. The Bertz CT molecular complexity index is 679. The second-order valence-corrected chi connectivity index (χ2v) is 9.98. The van der Waals surface area contributed by atoms with Gasteiger partial charge in [-0.1, -0.05) is 96.8 Å². The van der Waals surface area contributed by atoms with Gasteiger partial charge in [-0.05, 0) is 30.7 Å². The Hall–Kier alpha value is -0.963. The van der Waals surface area contributed by atoms with Gasteiger partial charge in [-0.3, -0.25) is 4.79 Å². The molecule has 0 unspecified atom stereocenters. The van der Waals surface area contributed by atoms with Crippen LogP contribution in [-0.2, 0) is 14.8 Å². The van der Waals surface area contributed by atoms with Crippen molar-refractivity contribution in [2.45, 2.75) is 115 Å². The Kier molecular flexibility index (Phi) is 18.0. The number of benzene rings is 1. The van der Waals surface area contributed by atoms with Crippen LogP contribution in [0.1, 0.15) is 110 Å². The van der Waals surface area contributed by atoms with E-state index in [9.17, 15) is 13.2 Å². The first-order valence-corrected chi connectivity index (χ1v) is 13.3. The summed E-state index contributed by atoms with van der Waals surface area (Å²) in [6.45, 7) is 2.26. The minimum absolute atomic E-state index is 0. The Morgan fingerprint density at radius 2 is 1.13 bits per heavy atom. The van der Waals surface area contributed by atoms with Gasteiger partial charge < -0.3 is 5.73 Å². The fraction of sp³-hybridized carbons (Fsp3) is 0.708. The number of rotatable bonds is 18. The minimum atomic E-state index is -3.80. The van der Waals surface area contributed by atoms with E-state index < -0.39 is 15.9 Å². The van der Waals surface area contributed by atoms with Crippen LogP contribution in [0.2, 0.25) is 0 Å². The SMILES string of the molecule is CCCCCCCCCCCCCCCCCC(=O)NS(=O)(=O)c1ccc(N)cc1.[LiH]. The monoisotopic (exact) mass is 446 g/mol. The molecule has 0 fully saturated rings. The van der Waals surface area contributed by atoms with Gasteiger partial charge in [-0.2, -0.15) is 0 Å². The summed E-state index contributed by atoms with van der Waals surface area (Å²) < 4.78 is 26.4. The van der Waals surface area contributed by atoms with Crippen molar-refractivity contribution in [3.8, 4) is 0 Å². The van der Waals surface area contributed by atoms with E-state index in [1.807, 2.05) is 0 Å². The molecule has 1 aromatic carbocycles. The van der Waals surface area contributed by atoms with Gasteiger partial charge in [0.15, 0.2) is 0 Å². The maximum atomic E-state index is 12.1. The number of hydrogen-bond donors (Lipinski definition) is 2. The summed E-state index contributed by atoms with van der Waals surface area (Å²) in [6.07, 6.45) is 19.2. The number of carbonyl (C=O) groups excluding carboxylic acids is 1. The third-order valence-electron chi connectivity index (χ3n) is 5.45. The number of hydrogen-bond acceptors (Lipinski definition) is 4. The number of unbranched alkanes of at least 4 members (excludes halogenated alkanes) is 14. The number of nitrogen functional groups attached to an aromatic ring is 1. The summed E-state index contributed by atoms with van der Waals surface area (Å²) in [5, 5.41) is 0. The number of amides is 1. The zero-order valence-electron chi connectivity index (χ0n) is 18.8. The van der Waals surface area contributed by atoms with Gasteiger partial charge >= 0.3 is 18.9 Å². The predicted molar refractivity (Wildman–Crippen MR) is 133 cm³/mol. The fourth-order valence-electron chi connectivity index (χ4n) is 3.56. The Morgan fingerprint density at radius 3 is 1.55 bits per heavy atom. The molecule has 0 aliphatic rings. The first kappa shape index (κ1) is 30.0. The zero-order valence-corrected chi connectivity index (χ0v) is 19.6. The molecule has 3 N–H and O–H groups in total. The van der Waals surface area contributed by atoms with Gasteiger partial charge in [0.2, 0.25) is 5.91 Å². The van der Waals surface area contributed by atoms with Gasteiger partial charge in [-0.15, -0.1) is 0 Å². The van der Waals surface area contributed by atoms with Crippen LogP contribution in [0.15, 0.2) is 29.2 Å². The number of nitrogens with two attached hydrogens (primary N) is 1. The molecule has 5 nitrogen and oxygen atoms in total. The molecule has 0 aliphatic carbocycles. The van der Waals surface area contributed by atoms with Crippen molar-refractivity contribution in [1.29, 1.82) is 0 Å². The third-order valence-corrected chi connectivity index (χ3v) is 6.84. The number of sulfonamides is 1. The maximum absolute atomic E-state index is 12.1. The predicted octanol–water partition coefficient (Wildman–Crippen LogP) is 5.69. The molecule has 7 heteroatoms. The summed E-state index contributed by atoms with van der Waals surface area (Å²) in [5.41, 5.74) is 6.04. The van der Waals surface area contributed by atoms with Crippen molar-refractivity contribution < 1.29 is 13.2 Å². The van der Waals surface area contributed by atoms with Crippen LogP contribution in [0.3, 0.4) is 0 Å². The second kappa shape index (κ2) is 18.6. The van der Waals surface area contributed by atoms with Crippen molar-refractivity contribution in [2.75, 3.05) is 5.73 Å². The van der Waals surface area contributed by atoms with E-state index >= 15 is 0 Å². The van der Waals surface area contributed by atoms with E-state index in [0.29, 0.717) is 5.69 Å². The van der Waals surface area contributed by atoms with Crippen LogP contribution in [0.4, 0.5) is 5.69 Å². The standard InChI is InChI=1S/C24H42N2O3S.Li.H/c1-2-3-4-5-6-7-8-9-10-11-12-13-14-15-16-17-24(27)26-30(28,29)23-20-18-22(25)19-21-23;;/h18-21H,2-17,25H2,1H3,(H,26,27);;. The molecule has 0 saturated heterocycles. The van der Waals surface area contributed by atoms with Crippen LogP contribution in [0.5, 0.6) is 0 Å². The second-order valence-electron chi connectivity index (χ2n) is 8.30. The number of nitrogens with one attached hydrogen (secondary N) is 1.